The number of aryl methyl sites for hydroxylation is 6. The van der Waals surface area contributed by atoms with Crippen LogP contribution < -0.4 is 31.5 Å². The first-order valence-corrected chi connectivity index (χ1v) is 53.0. The average molecular weight is 2060 g/mol. The van der Waals surface area contributed by atoms with Crippen LogP contribution in [0.25, 0.3) is 57.0 Å². The van der Waals surface area contributed by atoms with E-state index in [1.807, 2.05) is 151 Å². The molecule has 5 N–H and O–H groups in total. The van der Waals surface area contributed by atoms with E-state index < -0.39 is 17.6 Å². The van der Waals surface area contributed by atoms with Gasteiger partial charge in [-0.1, -0.05) is 72.8 Å². The van der Waals surface area contributed by atoms with Gasteiger partial charge in [0.25, 0.3) is 29.5 Å². The molecule has 5 amide bonds. The molecule has 6 aliphatic rings. The minimum absolute atomic E-state index is 0.0279. The Hall–Kier alpha value is -14.8. The van der Waals surface area contributed by atoms with Crippen LogP contribution in [0, 0.1) is 95.3 Å². The smallest absolute Gasteiger partial charge is 0.265 e. The monoisotopic (exact) mass is 2060 g/mol. The molecule has 5 saturated carbocycles. The number of thiophene rings is 5. The first-order valence-electron chi connectivity index (χ1n) is 48.9. The van der Waals surface area contributed by atoms with Gasteiger partial charge in [-0.15, -0.1) is 56.7 Å². The van der Waals surface area contributed by atoms with Crippen molar-refractivity contribution in [1.29, 1.82) is 0 Å². The summed E-state index contributed by atoms with van der Waals surface area (Å²) in [5.74, 6) is 1.54. The van der Waals surface area contributed by atoms with E-state index in [-0.39, 0.29) is 64.1 Å². The van der Waals surface area contributed by atoms with E-state index in [0.29, 0.717) is 164 Å². The molecule has 746 valence electrons. The van der Waals surface area contributed by atoms with Gasteiger partial charge in [-0.2, -0.15) is 4.39 Å². The average Bonchev–Trinajstić information content (AvgIpc) is 1.75. The Balaban J connectivity index is 0.000000126. The van der Waals surface area contributed by atoms with Gasteiger partial charge in [0.15, 0.2) is 28.9 Å². The van der Waals surface area contributed by atoms with Crippen LogP contribution in [0.15, 0.2) is 243 Å². The number of aromatic nitrogens is 4. The van der Waals surface area contributed by atoms with Gasteiger partial charge in [0.05, 0.1) is 50.4 Å². The zero-order chi connectivity index (χ0) is 103. The van der Waals surface area contributed by atoms with Gasteiger partial charge in [-0.05, 0) is 308 Å². The first kappa shape index (κ1) is 104. The molecule has 0 spiro atoms. The van der Waals surface area contributed by atoms with Crippen LogP contribution >= 0.6 is 56.7 Å². The van der Waals surface area contributed by atoms with Crippen LogP contribution in [-0.4, -0.2) is 105 Å². The number of ketones is 5. The zero-order valence-corrected chi connectivity index (χ0v) is 85.8. The molecule has 0 radical (unpaired) electrons. The molecule has 15 aromatic rings. The Kier molecular flexibility index (Phi) is 33.5. The fourth-order valence-corrected chi connectivity index (χ4v) is 20.8. The molecule has 147 heavy (non-hydrogen) atoms. The highest BCUT2D eigenvalue weighted by Crippen LogP contribution is 2.43. The second kappa shape index (κ2) is 47.6. The second-order valence-corrected chi connectivity index (χ2v) is 43.2. The minimum Gasteiger partial charge on any atom is -0.378 e. The van der Waals surface area contributed by atoms with E-state index in [1.54, 1.807) is 103 Å². The van der Waals surface area contributed by atoms with E-state index in [2.05, 4.69) is 56.3 Å². The molecular formula is C117H106F3N11O11S5. The normalized spacial score (nSPS) is 13.9. The molecule has 0 atom stereocenters. The highest BCUT2D eigenvalue weighted by molar-refractivity contribution is 7.19. The van der Waals surface area contributed by atoms with Crippen molar-refractivity contribution in [3.8, 4) is 52.2 Å². The van der Waals surface area contributed by atoms with Crippen molar-refractivity contribution >= 4 is 155 Å². The van der Waals surface area contributed by atoms with Crippen molar-refractivity contribution in [3.63, 3.8) is 0 Å². The summed E-state index contributed by atoms with van der Waals surface area (Å²) in [4.78, 5) is 154. The highest BCUT2D eigenvalue weighted by Gasteiger charge is 2.32. The van der Waals surface area contributed by atoms with Gasteiger partial charge >= 0.3 is 0 Å². The third-order valence-corrected chi connectivity index (χ3v) is 31.7. The molecule has 30 heteroatoms. The van der Waals surface area contributed by atoms with Crippen LogP contribution in [0.4, 0.5) is 53.1 Å². The predicted molar refractivity (Wildman–Crippen MR) is 578 cm³/mol. The Bertz CT molecular complexity index is 7390. The summed E-state index contributed by atoms with van der Waals surface area (Å²) >= 11 is 6.59. The van der Waals surface area contributed by atoms with Crippen molar-refractivity contribution in [2.75, 3.05) is 57.8 Å². The van der Waals surface area contributed by atoms with E-state index in [4.69, 9.17) is 11.3 Å². The third kappa shape index (κ3) is 28.1. The number of carbonyl (C=O) groups is 10. The molecule has 10 heterocycles. The van der Waals surface area contributed by atoms with Crippen molar-refractivity contribution in [2.45, 2.75) is 138 Å². The van der Waals surface area contributed by atoms with E-state index in [0.717, 1.165) is 167 Å². The molecule has 0 bridgehead atoms. The molecule has 21 rings (SSSR count). The van der Waals surface area contributed by atoms with Crippen molar-refractivity contribution < 1.29 is 65.9 Å². The number of hydrogen-bond acceptors (Lipinski definition) is 21. The number of Topliss-reactive ketones (excluding diaryl/α,β-unsaturated/α-hetero) is 5. The summed E-state index contributed by atoms with van der Waals surface area (Å²) < 4.78 is 46.5. The van der Waals surface area contributed by atoms with Gasteiger partial charge in [0.1, 0.15) is 17.5 Å². The van der Waals surface area contributed by atoms with Crippen molar-refractivity contribution in [2.24, 2.45) is 29.6 Å². The quantitative estimate of drug-likeness (QED) is 0.0153. The number of halogens is 3. The number of nitrogens with zero attached hydrogens (tertiary/aromatic N) is 6. The topological polar surface area (TPSA) is 299 Å². The summed E-state index contributed by atoms with van der Waals surface area (Å²) in [6.45, 7) is 21.6. The summed E-state index contributed by atoms with van der Waals surface area (Å²) in [7, 11) is 0. The number of carbonyl (C=O) groups excluding carboxylic acids is 10. The number of nitrogens with one attached hydrogen (secondary N) is 5. The molecular weight excluding hydrogens is 1950 g/mol. The Morgan fingerprint density at radius 2 is 0.701 bits per heavy atom. The van der Waals surface area contributed by atoms with E-state index in [1.165, 1.54) is 81.1 Å². The lowest BCUT2D eigenvalue weighted by molar-refractivity contribution is 0.0968. The minimum atomic E-state index is -0.579. The maximum atomic E-state index is 13.9. The number of ether oxygens (including phenoxy) is 1. The number of pyridine rings is 4. The summed E-state index contributed by atoms with van der Waals surface area (Å²) in [6, 6.07) is 60.3. The number of anilines is 6. The zero-order valence-electron chi connectivity index (χ0n) is 81.8. The standard InChI is InChI=1S/C26H27N3O3S.C24H19FN2O2S.C23H22N2O2S.2C22H19FN2O2S/c1-17-2-5-19(22(30)14-18-3-4-18)15-21(17)28-26(31)24-8-7-23(33-24)20-6-9-25(27-16-20)29-10-12-32-13-11-29;1-14-3-6-16(21(28)11-15-4-5-15)13-20(14)27-24(29)23-10-9-22(30-23)17-7-8-19(26-2)18(25)12-17;1-14-9-10-24-13-18(14)21-7-8-22(28-21)23(27)25-19-12-17(6-3-15(19)2)20(26)11-16-4-5-16;1-13-2-5-15(19(26)8-14-3-4-14)10-18(13)25-22(27)21-7-6-20(28-21)16-9-17(23)12-24-11-16;1-13-4-7-15(18(26)11-14-5-6-14)12-17(13)25-22(27)20-9-8-19(28-20)16-3-2-10-24-21(16)23/h2,5-9,15-16,18H,3-4,10-14H2,1H3,(H,28,31);3,6-10,12-13,15H,4-5,11H2,1H3,(H,27,29);3,6-10,12-13,16H,4-5,11H2,1-2H3,(H,25,27);2,5-7,9-12,14H,3-4,8H2,1H3,(H,25,27);2-4,7-10,12,14H,5-6,11H2,1H3,(H,25,27). The van der Waals surface area contributed by atoms with Gasteiger partial charge in [0, 0.05) is 179 Å². The summed E-state index contributed by atoms with van der Waals surface area (Å²) in [6.07, 6.45) is 23.8. The van der Waals surface area contributed by atoms with Gasteiger partial charge in [0.2, 0.25) is 11.6 Å². The van der Waals surface area contributed by atoms with Gasteiger partial charge in [-0.25, -0.2) is 23.6 Å². The molecule has 6 fully saturated rings. The number of rotatable bonds is 31. The van der Waals surface area contributed by atoms with Gasteiger partial charge in [-0.3, -0.25) is 57.9 Å². The summed E-state index contributed by atoms with van der Waals surface area (Å²) in [5, 5.41) is 14.6. The molecule has 22 nitrogen and oxygen atoms in total. The molecule has 0 unspecified atom stereocenters. The second-order valence-electron chi connectivity index (χ2n) is 37.8. The van der Waals surface area contributed by atoms with Crippen LogP contribution in [0.2, 0.25) is 0 Å². The third-order valence-electron chi connectivity index (χ3n) is 26.1. The fraction of sp³-hybridized carbons (Fsp3) is 0.256. The maximum Gasteiger partial charge on any atom is 0.265 e. The fourth-order valence-electron chi connectivity index (χ4n) is 16.2. The van der Waals surface area contributed by atoms with E-state index in [9.17, 15) is 61.1 Å². The number of morpholine rings is 1. The molecule has 1 aliphatic heterocycles. The first-order chi connectivity index (χ1) is 71.0. The van der Waals surface area contributed by atoms with Crippen LogP contribution in [0.3, 0.4) is 0 Å². The van der Waals surface area contributed by atoms with Gasteiger partial charge < -0.3 is 36.2 Å². The van der Waals surface area contributed by atoms with Crippen LogP contribution in [-0.2, 0) is 4.74 Å². The van der Waals surface area contributed by atoms with Crippen molar-refractivity contribution in [1.82, 2.24) is 19.9 Å². The Morgan fingerprint density at radius 1 is 0.347 bits per heavy atom. The largest absolute Gasteiger partial charge is 0.378 e. The van der Waals surface area contributed by atoms with Crippen molar-refractivity contribution in [3.05, 3.63) is 358 Å². The van der Waals surface area contributed by atoms with Crippen LogP contribution in [0.1, 0.15) is 230 Å². The lowest BCUT2D eigenvalue weighted by Crippen LogP contribution is -2.36. The lowest BCUT2D eigenvalue weighted by Gasteiger charge is -2.27. The lowest BCUT2D eigenvalue weighted by atomic mass is 10.0. The molecule has 5 aliphatic carbocycles. The van der Waals surface area contributed by atoms with Crippen LogP contribution in [0.5, 0.6) is 0 Å². The molecule has 6 aromatic carbocycles. The Labute approximate surface area is 870 Å². The molecule has 1 saturated heterocycles. The number of amides is 5. The highest BCUT2D eigenvalue weighted by atomic mass is 32.1. The maximum absolute atomic E-state index is 13.9. The SMILES string of the molecule is Cc1ccc(C(=O)CC2CC2)cc1NC(=O)c1ccc(-c2ccc(N3CCOCC3)nc2)s1.Cc1ccc(C(=O)CC2CC2)cc1NC(=O)c1ccc(-c2cccnc2F)s1.Cc1ccc(C(=O)CC2CC2)cc1NC(=O)c1ccc(-c2cncc(F)c2)s1.Cc1ccc(C(=O)CC2CC2)cc1NC(=O)c1ccc(-c2cnccc2C)s1.[C-]#[N+]c1ccc(-c2ccc(C(=O)Nc3cc(C(=O)CC4CC4)ccc3C)s2)cc1F. The molecule has 9 aromatic heterocycles. The Morgan fingerprint density at radius 3 is 1.04 bits per heavy atom. The van der Waals surface area contributed by atoms with E-state index >= 15 is 0 Å². The predicted octanol–water partition coefficient (Wildman–Crippen LogP) is 28.5. The number of benzene rings is 6. The summed E-state index contributed by atoms with van der Waals surface area (Å²) in [5.41, 5.74) is 15.7. The number of hydrogen-bond donors (Lipinski definition) is 5.